The molecule has 0 radical (unpaired) electrons. The average molecular weight is 386 g/mol. The number of fused-ring (bicyclic) bond motifs is 1. The number of furan rings is 1. The summed E-state index contributed by atoms with van der Waals surface area (Å²) in [5.41, 5.74) is 0.919. The van der Waals surface area contributed by atoms with Crippen LogP contribution in [0.5, 0.6) is 0 Å². The summed E-state index contributed by atoms with van der Waals surface area (Å²) in [5.74, 6) is -2.24. The predicted octanol–water partition coefficient (Wildman–Crippen LogP) is 2.51. The van der Waals surface area contributed by atoms with Crippen molar-refractivity contribution in [1.82, 2.24) is 4.57 Å². The van der Waals surface area contributed by atoms with Crippen LogP contribution in [-0.2, 0) is 16.1 Å². The number of aryl methyl sites for hydroxylation is 2. The Morgan fingerprint density at radius 2 is 1.86 bits per heavy atom. The summed E-state index contributed by atoms with van der Waals surface area (Å²) in [6.07, 6.45) is -0.0841. The van der Waals surface area contributed by atoms with Gasteiger partial charge in [-0.05, 0) is 26.0 Å². The smallest absolute Gasteiger partial charge is 0.419 e. The van der Waals surface area contributed by atoms with Crippen molar-refractivity contribution < 1.29 is 28.0 Å². The van der Waals surface area contributed by atoms with Crippen molar-refractivity contribution in [3.63, 3.8) is 0 Å². The Labute approximate surface area is 158 Å². The number of esters is 1. The van der Waals surface area contributed by atoms with Crippen molar-refractivity contribution in [3.8, 4) is 0 Å². The Morgan fingerprint density at radius 3 is 2.54 bits per heavy atom. The van der Waals surface area contributed by atoms with Gasteiger partial charge in [0.15, 0.2) is 11.4 Å². The zero-order valence-electron chi connectivity index (χ0n) is 15.5. The molecular weight excluding hydrogens is 368 g/mol. The highest BCUT2D eigenvalue weighted by Gasteiger charge is 2.28. The number of hydrogen-bond donors (Lipinski definition) is 1. The van der Waals surface area contributed by atoms with E-state index >= 15 is 0 Å². The number of nitrogens with one attached hydrogen (secondary N) is 1. The fourth-order valence-corrected chi connectivity index (χ4v) is 2.98. The van der Waals surface area contributed by atoms with Gasteiger partial charge in [-0.15, -0.1) is 0 Å². The van der Waals surface area contributed by atoms with Crippen LogP contribution in [0.25, 0.3) is 11.1 Å². The molecular formula is C19H18N2O7. The van der Waals surface area contributed by atoms with Crippen LogP contribution in [0, 0.1) is 6.92 Å². The van der Waals surface area contributed by atoms with Gasteiger partial charge in [0.1, 0.15) is 11.3 Å². The van der Waals surface area contributed by atoms with Crippen molar-refractivity contribution in [2.45, 2.75) is 26.8 Å². The van der Waals surface area contributed by atoms with Crippen LogP contribution in [0.1, 0.15) is 39.8 Å². The first-order valence-electron chi connectivity index (χ1n) is 8.44. The van der Waals surface area contributed by atoms with E-state index in [2.05, 4.69) is 10.1 Å². The summed E-state index contributed by atoms with van der Waals surface area (Å²) in [6, 6.07) is 6.86. The molecule has 0 saturated heterocycles. The van der Waals surface area contributed by atoms with Crippen molar-refractivity contribution in [2.75, 3.05) is 12.4 Å². The minimum Gasteiger partial charge on any atom is -0.465 e. The van der Waals surface area contributed by atoms with E-state index in [4.69, 9.17) is 8.83 Å². The van der Waals surface area contributed by atoms with Gasteiger partial charge in [-0.25, -0.2) is 9.59 Å². The van der Waals surface area contributed by atoms with Crippen LogP contribution in [-0.4, -0.2) is 29.3 Å². The number of ketones is 1. The van der Waals surface area contributed by atoms with Gasteiger partial charge in [-0.1, -0.05) is 12.1 Å². The molecule has 3 rings (SSSR count). The number of carbonyl (C=O) groups is 3. The first kappa shape index (κ1) is 19.2. The second-order valence-electron chi connectivity index (χ2n) is 6.07. The van der Waals surface area contributed by atoms with Gasteiger partial charge in [0.25, 0.3) is 0 Å². The first-order valence-corrected chi connectivity index (χ1v) is 8.44. The minimum absolute atomic E-state index is 0.0548. The summed E-state index contributed by atoms with van der Waals surface area (Å²) in [5, 5.41) is 2.47. The third-order valence-electron chi connectivity index (χ3n) is 4.21. The number of oxazole rings is 1. The number of Topliss-reactive ketones (excluding diaryl/α,β-unsaturated/α-hetero) is 1. The van der Waals surface area contributed by atoms with Crippen LogP contribution in [0.2, 0.25) is 0 Å². The second kappa shape index (κ2) is 7.55. The fraction of sp³-hybridized carbons (Fsp3) is 0.263. The molecule has 0 saturated carbocycles. The summed E-state index contributed by atoms with van der Waals surface area (Å²) < 4.78 is 16.5. The van der Waals surface area contributed by atoms with E-state index in [0.29, 0.717) is 11.1 Å². The van der Waals surface area contributed by atoms with E-state index in [1.165, 1.54) is 18.4 Å². The third kappa shape index (κ3) is 3.46. The molecule has 1 aromatic carbocycles. The Kier molecular flexibility index (Phi) is 5.16. The highest BCUT2D eigenvalue weighted by atomic mass is 16.5. The van der Waals surface area contributed by atoms with Crippen molar-refractivity contribution >= 4 is 34.6 Å². The zero-order valence-corrected chi connectivity index (χ0v) is 15.5. The predicted molar refractivity (Wildman–Crippen MR) is 98.5 cm³/mol. The van der Waals surface area contributed by atoms with Crippen LogP contribution >= 0.6 is 0 Å². The molecule has 2 aromatic heterocycles. The number of para-hydroxylation sites is 2. The number of ether oxygens (including phenoxy) is 1. The number of amides is 1. The number of nitrogens with zero attached hydrogens (tertiary/aromatic N) is 1. The van der Waals surface area contributed by atoms with Crippen LogP contribution in [0.15, 0.2) is 37.9 Å². The molecule has 9 nitrogen and oxygen atoms in total. The lowest BCUT2D eigenvalue weighted by molar-refractivity contribution is -0.116. The number of benzene rings is 1. The van der Waals surface area contributed by atoms with E-state index in [0.717, 1.165) is 7.11 Å². The zero-order chi connectivity index (χ0) is 20.4. The molecule has 0 aliphatic heterocycles. The van der Waals surface area contributed by atoms with E-state index in [1.807, 2.05) is 0 Å². The summed E-state index contributed by atoms with van der Waals surface area (Å²) >= 11 is 0. The number of methoxy groups -OCH3 is 1. The monoisotopic (exact) mass is 386 g/mol. The van der Waals surface area contributed by atoms with Crippen molar-refractivity contribution in [1.29, 1.82) is 0 Å². The SMILES string of the molecule is COC(=O)c1c(NC(=O)CCn2c(=O)oc3ccccc32)oc(C)c1C(C)=O. The van der Waals surface area contributed by atoms with E-state index in [1.54, 1.807) is 24.3 Å². The summed E-state index contributed by atoms with van der Waals surface area (Å²) in [6.45, 7) is 2.86. The molecule has 0 atom stereocenters. The maximum Gasteiger partial charge on any atom is 0.419 e. The highest BCUT2D eigenvalue weighted by Crippen LogP contribution is 2.28. The molecule has 0 fully saturated rings. The molecule has 146 valence electrons. The number of hydrogen-bond acceptors (Lipinski definition) is 7. The van der Waals surface area contributed by atoms with Gasteiger partial charge < -0.3 is 13.6 Å². The lowest BCUT2D eigenvalue weighted by atomic mass is 10.1. The number of aromatic nitrogens is 1. The number of carbonyl (C=O) groups excluding carboxylic acids is 3. The van der Waals surface area contributed by atoms with Gasteiger partial charge >= 0.3 is 11.7 Å². The second-order valence-corrected chi connectivity index (χ2v) is 6.07. The Morgan fingerprint density at radius 1 is 1.14 bits per heavy atom. The average Bonchev–Trinajstić information content (AvgIpc) is 3.15. The molecule has 1 N–H and O–H groups in total. The molecule has 2 heterocycles. The molecule has 0 aliphatic rings. The van der Waals surface area contributed by atoms with Crippen LogP contribution < -0.4 is 11.1 Å². The Balaban J connectivity index is 1.81. The highest BCUT2D eigenvalue weighted by molar-refractivity contribution is 6.10. The van der Waals surface area contributed by atoms with Crippen molar-refractivity contribution in [2.24, 2.45) is 0 Å². The topological polar surface area (TPSA) is 121 Å². The molecule has 1 amide bonds. The van der Waals surface area contributed by atoms with E-state index in [-0.39, 0.29) is 35.7 Å². The largest absolute Gasteiger partial charge is 0.465 e. The molecule has 28 heavy (non-hydrogen) atoms. The Hall–Kier alpha value is -3.62. The van der Waals surface area contributed by atoms with E-state index in [9.17, 15) is 19.2 Å². The lowest BCUT2D eigenvalue weighted by Crippen LogP contribution is -2.20. The van der Waals surface area contributed by atoms with Crippen LogP contribution in [0.3, 0.4) is 0 Å². The Bertz CT molecular complexity index is 1130. The van der Waals surface area contributed by atoms with Gasteiger partial charge in [-0.2, -0.15) is 0 Å². The molecule has 0 spiro atoms. The summed E-state index contributed by atoms with van der Waals surface area (Å²) in [4.78, 5) is 48.2. The minimum atomic E-state index is -0.797. The van der Waals surface area contributed by atoms with Crippen LogP contribution in [0.4, 0.5) is 5.88 Å². The van der Waals surface area contributed by atoms with Gasteiger partial charge in [0.05, 0.1) is 18.2 Å². The summed E-state index contributed by atoms with van der Waals surface area (Å²) in [7, 11) is 1.16. The number of anilines is 1. The first-order chi connectivity index (χ1) is 13.3. The third-order valence-corrected chi connectivity index (χ3v) is 4.21. The van der Waals surface area contributed by atoms with Gasteiger partial charge in [0.2, 0.25) is 11.8 Å². The van der Waals surface area contributed by atoms with E-state index < -0.39 is 23.4 Å². The molecule has 0 unspecified atom stereocenters. The maximum atomic E-state index is 12.4. The van der Waals surface area contributed by atoms with Crippen molar-refractivity contribution in [3.05, 3.63) is 51.7 Å². The molecule has 3 aromatic rings. The normalized spacial score (nSPS) is 10.8. The lowest BCUT2D eigenvalue weighted by Gasteiger charge is -2.05. The van der Waals surface area contributed by atoms with Gasteiger partial charge in [-0.3, -0.25) is 19.5 Å². The maximum absolute atomic E-state index is 12.4. The number of rotatable bonds is 6. The molecule has 9 heteroatoms. The fourth-order valence-electron chi connectivity index (χ4n) is 2.98. The molecule has 0 bridgehead atoms. The van der Waals surface area contributed by atoms with Gasteiger partial charge in [0, 0.05) is 13.0 Å². The molecule has 0 aliphatic carbocycles. The standard InChI is InChI=1S/C19H18N2O7/c1-10(22)15-11(2)27-17(16(15)18(24)26-3)20-14(23)8-9-21-12-6-4-5-7-13(12)28-19(21)25/h4-7H,8-9H2,1-3H3,(H,20,23). The quantitative estimate of drug-likeness (QED) is 0.510.